The molecule has 1 aliphatic carbocycles. The number of rotatable bonds is 4. The molecule has 7 heterocycles. The van der Waals surface area contributed by atoms with Crippen LogP contribution in [0.3, 0.4) is 0 Å². The summed E-state index contributed by atoms with van der Waals surface area (Å²) in [6.45, 7) is 14.4. The number of nitriles is 2. The van der Waals surface area contributed by atoms with Crippen LogP contribution in [0.25, 0.3) is 69.9 Å². The number of thiophene rings is 6. The van der Waals surface area contributed by atoms with Crippen molar-refractivity contribution >= 4 is 99.0 Å². The van der Waals surface area contributed by atoms with Crippen LogP contribution in [0.4, 0.5) is 0 Å². The van der Waals surface area contributed by atoms with Gasteiger partial charge < -0.3 is 4.74 Å². The first-order chi connectivity index (χ1) is 22.0. The van der Waals surface area contributed by atoms with Gasteiger partial charge in [-0.3, -0.25) is 0 Å². The van der Waals surface area contributed by atoms with E-state index in [4.69, 9.17) is 28.4 Å². The Morgan fingerprint density at radius 1 is 0.733 bits per heavy atom. The largest absolute Gasteiger partial charge is 0.520 e. The number of ether oxygens (including phenoxy) is 1. The second-order valence-electron chi connectivity index (χ2n) is 10.7. The summed E-state index contributed by atoms with van der Waals surface area (Å²) in [6.07, 6.45) is 8.87. The highest BCUT2D eigenvalue weighted by Crippen LogP contribution is 2.63. The first kappa shape index (κ1) is 28.4. The Balaban J connectivity index is 1.21. The highest BCUT2D eigenvalue weighted by Gasteiger charge is 2.46. The lowest BCUT2D eigenvalue weighted by molar-refractivity contribution is 0.0282. The van der Waals surface area contributed by atoms with Crippen LogP contribution < -0.4 is 4.74 Å². The van der Waals surface area contributed by atoms with Crippen LogP contribution in [-0.4, -0.2) is 0 Å². The molecule has 0 N–H and O–H groups in total. The average Bonchev–Trinajstić information content (AvgIpc) is 3.89. The molecule has 0 bridgehead atoms. The predicted molar refractivity (Wildman–Crippen MR) is 191 cm³/mol. The molecule has 216 valence electrons. The quantitative estimate of drug-likeness (QED) is 0.137. The van der Waals surface area contributed by atoms with Crippen molar-refractivity contribution in [1.29, 1.82) is 10.5 Å². The molecule has 0 saturated heterocycles. The molecular formula is C34H18N4OS6. The van der Waals surface area contributed by atoms with Gasteiger partial charge in [0.2, 0.25) is 0 Å². The monoisotopic (exact) mass is 690 g/mol. The minimum Gasteiger partial charge on any atom is -0.479 e. The third-order valence-corrected chi connectivity index (χ3v) is 15.5. The zero-order chi connectivity index (χ0) is 30.7. The van der Waals surface area contributed by atoms with E-state index < -0.39 is 0 Å². The van der Waals surface area contributed by atoms with Gasteiger partial charge in [0.1, 0.15) is 36.5 Å². The lowest BCUT2D eigenvalue weighted by Gasteiger charge is -2.40. The maximum Gasteiger partial charge on any atom is 0.520 e. The number of nitrogens with zero attached hydrogens (tertiary/aromatic N) is 4. The Morgan fingerprint density at radius 2 is 1.33 bits per heavy atom. The Morgan fingerprint density at radius 3 is 1.98 bits per heavy atom. The molecule has 6 aromatic heterocycles. The highest BCUT2D eigenvalue weighted by atomic mass is 32.1. The maximum absolute atomic E-state index is 9.14. The highest BCUT2D eigenvalue weighted by molar-refractivity contribution is 7.36. The van der Waals surface area contributed by atoms with Crippen molar-refractivity contribution in [3.05, 3.63) is 85.9 Å². The van der Waals surface area contributed by atoms with Gasteiger partial charge in [-0.1, -0.05) is 6.42 Å². The van der Waals surface area contributed by atoms with Crippen molar-refractivity contribution in [2.75, 3.05) is 0 Å². The summed E-state index contributed by atoms with van der Waals surface area (Å²) in [7, 11) is 0. The summed E-state index contributed by atoms with van der Waals surface area (Å²) < 4.78 is 12.3. The van der Waals surface area contributed by atoms with E-state index in [-0.39, 0.29) is 17.0 Å². The molecule has 1 aliphatic heterocycles. The van der Waals surface area contributed by atoms with Gasteiger partial charge in [-0.15, -0.1) is 68.0 Å². The lowest BCUT2D eigenvalue weighted by atomic mass is 9.78. The maximum atomic E-state index is 9.14. The molecule has 6 aromatic rings. The van der Waals surface area contributed by atoms with Gasteiger partial charge in [0.25, 0.3) is 0 Å². The molecule has 5 nitrogen and oxygen atoms in total. The van der Waals surface area contributed by atoms with E-state index in [9.17, 15) is 0 Å². The standard InChI is InChI=1S/C34H18N4OS6/c1-37-27(38-2)13-20-7-9-21(41-20)23-14-25-30(42-23)28-32(44-25)33-29(39-34(28)10-4-3-5-11-34)31-26(45-33)15-24(43-31)22-8-6-19(40-22)12-18(16-35)17-36/h6-9,12-15H,3-5,10-11H2. The molecule has 8 rings (SSSR count). The molecule has 0 amide bonds. The fraction of sp³-hybridized carbons (Fsp3) is 0.176. The minimum absolute atomic E-state index is 0.0851. The van der Waals surface area contributed by atoms with Crippen molar-refractivity contribution in [3.8, 4) is 47.2 Å². The van der Waals surface area contributed by atoms with E-state index in [1.807, 2.05) is 58.3 Å². The minimum atomic E-state index is -0.325. The lowest BCUT2D eigenvalue weighted by Crippen LogP contribution is -2.37. The zero-order valence-corrected chi connectivity index (χ0v) is 28.2. The van der Waals surface area contributed by atoms with E-state index in [2.05, 4.69) is 34.0 Å². The molecule has 1 fully saturated rings. The molecule has 2 aliphatic rings. The molecule has 0 atom stereocenters. The predicted octanol–water partition coefficient (Wildman–Crippen LogP) is 12.5. The van der Waals surface area contributed by atoms with Crippen LogP contribution >= 0.6 is 68.0 Å². The molecular weight excluding hydrogens is 673 g/mol. The van der Waals surface area contributed by atoms with Crippen molar-refractivity contribution in [3.63, 3.8) is 0 Å². The first-order valence-corrected chi connectivity index (χ1v) is 18.9. The zero-order valence-electron chi connectivity index (χ0n) is 23.3. The summed E-state index contributed by atoms with van der Waals surface area (Å²) in [4.78, 5) is 15.7. The summed E-state index contributed by atoms with van der Waals surface area (Å²) in [6, 6.07) is 16.6. The van der Waals surface area contributed by atoms with Gasteiger partial charge in [0.15, 0.2) is 5.75 Å². The van der Waals surface area contributed by atoms with Gasteiger partial charge in [0.05, 0.1) is 23.9 Å². The number of fused-ring (bicyclic) bond motifs is 8. The van der Waals surface area contributed by atoms with Crippen LogP contribution in [0.5, 0.6) is 5.75 Å². The smallest absolute Gasteiger partial charge is 0.479 e. The molecule has 11 heteroatoms. The average molecular weight is 691 g/mol. The van der Waals surface area contributed by atoms with Crippen molar-refractivity contribution in [1.82, 2.24) is 0 Å². The summed E-state index contributed by atoms with van der Waals surface area (Å²) >= 11 is 10.5. The molecule has 0 aromatic carbocycles. The molecule has 45 heavy (non-hydrogen) atoms. The second kappa shape index (κ2) is 11.1. The SMILES string of the molecule is [C-]#[N+]C(=Cc1ccc(-c2cc3sc4c(c3s2)C2(CCCCC2)Oc2c-4sc3cc(-c4ccc(C=C(C#N)C#N)s4)sc23)s1)[N+]#[C-]. The van der Waals surface area contributed by atoms with E-state index in [1.165, 1.54) is 50.3 Å². The summed E-state index contributed by atoms with van der Waals surface area (Å²) in [5, 5.41) is 18.3. The fourth-order valence-corrected chi connectivity index (χ4v) is 13.6. The number of hydrogen-bond donors (Lipinski definition) is 0. The van der Waals surface area contributed by atoms with Crippen molar-refractivity contribution < 1.29 is 4.74 Å². The Bertz CT molecular complexity index is 2370. The number of allylic oxidation sites excluding steroid dienone is 1. The second-order valence-corrected chi connectivity index (χ2v) is 17.2. The van der Waals surface area contributed by atoms with Gasteiger partial charge in [-0.2, -0.15) is 20.2 Å². The van der Waals surface area contributed by atoms with Crippen LogP contribution in [0.1, 0.15) is 47.4 Å². The number of hydrogen-bond acceptors (Lipinski definition) is 9. The fourth-order valence-electron chi connectivity index (χ4n) is 6.11. The third kappa shape index (κ3) is 4.68. The Labute approximate surface area is 283 Å². The van der Waals surface area contributed by atoms with Crippen molar-refractivity contribution in [2.45, 2.75) is 37.7 Å². The summed E-state index contributed by atoms with van der Waals surface area (Å²) in [5.74, 6) is 1.12. The van der Waals surface area contributed by atoms with E-state index in [0.717, 1.165) is 50.9 Å². The molecule has 0 radical (unpaired) electrons. The van der Waals surface area contributed by atoms with Crippen LogP contribution in [0, 0.1) is 35.8 Å². The Hall–Kier alpha value is -4.04. The van der Waals surface area contributed by atoms with Gasteiger partial charge in [0, 0.05) is 45.6 Å². The Kier molecular flexibility index (Phi) is 7.01. The van der Waals surface area contributed by atoms with Crippen LogP contribution in [0.2, 0.25) is 0 Å². The van der Waals surface area contributed by atoms with Gasteiger partial charge in [-0.05, 0) is 68.2 Å². The normalized spacial score (nSPS) is 14.5. The topological polar surface area (TPSA) is 65.5 Å². The molecule has 1 saturated carbocycles. The van der Waals surface area contributed by atoms with Gasteiger partial charge in [-0.25, -0.2) is 0 Å². The molecule has 1 spiro atoms. The van der Waals surface area contributed by atoms with E-state index >= 15 is 0 Å². The van der Waals surface area contributed by atoms with E-state index in [1.54, 1.807) is 46.2 Å². The molecule has 0 unspecified atom stereocenters. The summed E-state index contributed by atoms with van der Waals surface area (Å²) in [5.41, 5.74) is 1.16. The van der Waals surface area contributed by atoms with E-state index in [0.29, 0.717) is 0 Å². The van der Waals surface area contributed by atoms with Crippen molar-refractivity contribution in [2.24, 2.45) is 0 Å². The van der Waals surface area contributed by atoms with Gasteiger partial charge >= 0.3 is 5.82 Å². The first-order valence-electron chi connectivity index (χ1n) is 14.0. The van der Waals surface area contributed by atoms with Crippen LogP contribution in [-0.2, 0) is 5.60 Å². The van der Waals surface area contributed by atoms with Crippen LogP contribution in [0.15, 0.2) is 47.8 Å². The third-order valence-electron chi connectivity index (χ3n) is 8.07.